The Balaban J connectivity index is 2.97. The van der Waals surface area contributed by atoms with Crippen LogP contribution in [0.2, 0.25) is 0 Å². The first kappa shape index (κ1) is 11.6. The van der Waals surface area contributed by atoms with Crippen molar-refractivity contribution in [3.05, 3.63) is 39.7 Å². The maximum absolute atomic E-state index is 13.3. The van der Waals surface area contributed by atoms with Crippen LogP contribution in [0, 0.1) is 15.9 Å². The van der Waals surface area contributed by atoms with Gasteiger partial charge in [-0.1, -0.05) is 6.07 Å². The zero-order valence-corrected chi connectivity index (χ0v) is 8.44. The van der Waals surface area contributed by atoms with Crippen molar-refractivity contribution in [2.24, 2.45) is 5.73 Å². The molecule has 0 aliphatic heterocycles. The van der Waals surface area contributed by atoms with Crippen LogP contribution in [-0.2, 0) is 6.42 Å². The van der Waals surface area contributed by atoms with E-state index in [4.69, 9.17) is 5.73 Å². The number of benzene rings is 1. The Hall–Kier alpha value is -1.49. The van der Waals surface area contributed by atoms with Gasteiger partial charge in [0.1, 0.15) is 5.82 Å². The molecule has 15 heavy (non-hydrogen) atoms. The van der Waals surface area contributed by atoms with E-state index in [1.54, 1.807) is 6.92 Å². The van der Waals surface area contributed by atoms with Crippen LogP contribution in [0.5, 0.6) is 0 Å². The first-order valence-corrected chi connectivity index (χ1v) is 4.69. The summed E-state index contributed by atoms with van der Waals surface area (Å²) in [5, 5.41) is 10.6. The highest BCUT2D eigenvalue weighted by Crippen LogP contribution is 2.22. The molecule has 0 bridgehead atoms. The van der Waals surface area contributed by atoms with E-state index in [9.17, 15) is 14.5 Å². The van der Waals surface area contributed by atoms with Crippen LogP contribution in [0.25, 0.3) is 0 Å². The molecule has 0 amide bonds. The van der Waals surface area contributed by atoms with E-state index in [2.05, 4.69) is 0 Å². The van der Waals surface area contributed by atoms with Crippen molar-refractivity contribution in [2.75, 3.05) is 0 Å². The Morgan fingerprint density at radius 2 is 2.27 bits per heavy atom. The molecule has 1 rings (SSSR count). The zero-order valence-electron chi connectivity index (χ0n) is 8.44. The molecule has 0 radical (unpaired) electrons. The maximum atomic E-state index is 13.3. The second-order valence-corrected chi connectivity index (χ2v) is 3.51. The molecular weight excluding hydrogens is 199 g/mol. The molecule has 0 aliphatic carbocycles. The summed E-state index contributed by atoms with van der Waals surface area (Å²) in [4.78, 5) is 10.1. The van der Waals surface area contributed by atoms with Gasteiger partial charge in [0.05, 0.1) is 10.5 Å². The molecule has 0 fully saturated rings. The van der Waals surface area contributed by atoms with Gasteiger partial charge >= 0.3 is 0 Å². The molecule has 1 aromatic rings. The van der Waals surface area contributed by atoms with E-state index in [1.807, 2.05) is 0 Å². The van der Waals surface area contributed by atoms with E-state index < -0.39 is 10.7 Å². The minimum Gasteiger partial charge on any atom is -0.328 e. The lowest BCUT2D eigenvalue weighted by atomic mass is 10.0. The zero-order chi connectivity index (χ0) is 11.4. The number of nitro benzene ring substituents is 1. The van der Waals surface area contributed by atoms with Crippen molar-refractivity contribution in [3.63, 3.8) is 0 Å². The van der Waals surface area contributed by atoms with Crippen LogP contribution in [0.4, 0.5) is 10.1 Å². The molecule has 0 aliphatic rings. The minimum absolute atomic E-state index is 0.0933. The molecule has 1 atom stereocenters. The van der Waals surface area contributed by atoms with Gasteiger partial charge in [-0.15, -0.1) is 0 Å². The highest BCUT2D eigenvalue weighted by atomic mass is 19.1. The minimum atomic E-state index is -0.570. The highest BCUT2D eigenvalue weighted by molar-refractivity contribution is 5.40. The van der Waals surface area contributed by atoms with Gasteiger partial charge in [0.2, 0.25) is 0 Å². The molecule has 1 aromatic carbocycles. The lowest BCUT2D eigenvalue weighted by Crippen LogP contribution is -2.16. The van der Waals surface area contributed by atoms with Crippen LogP contribution < -0.4 is 5.73 Å². The number of nitrogens with two attached hydrogens (primary N) is 1. The topological polar surface area (TPSA) is 69.2 Å². The quantitative estimate of drug-likeness (QED) is 0.613. The molecule has 82 valence electrons. The standard InChI is InChI=1S/C10H13FN2O2/c1-7(12)5-6-8-9(11)3-2-4-10(8)13(14)15/h2-4,7H,5-6,12H2,1H3/t7-/m1/s1. The average Bonchev–Trinajstić information content (AvgIpc) is 2.15. The lowest BCUT2D eigenvalue weighted by Gasteiger charge is -2.06. The highest BCUT2D eigenvalue weighted by Gasteiger charge is 2.17. The summed E-state index contributed by atoms with van der Waals surface area (Å²) in [6.45, 7) is 1.78. The number of hydrogen-bond acceptors (Lipinski definition) is 3. The summed E-state index contributed by atoms with van der Waals surface area (Å²) in [5.74, 6) is -0.537. The summed E-state index contributed by atoms with van der Waals surface area (Å²) >= 11 is 0. The Bertz CT molecular complexity index is 366. The van der Waals surface area contributed by atoms with E-state index in [1.165, 1.54) is 18.2 Å². The molecule has 0 saturated carbocycles. The van der Waals surface area contributed by atoms with Crippen LogP contribution in [-0.4, -0.2) is 11.0 Å². The van der Waals surface area contributed by atoms with Crippen LogP contribution in [0.3, 0.4) is 0 Å². The fourth-order valence-electron chi connectivity index (χ4n) is 1.34. The average molecular weight is 212 g/mol. The predicted molar refractivity (Wildman–Crippen MR) is 55.0 cm³/mol. The Labute approximate surface area is 87.0 Å². The van der Waals surface area contributed by atoms with Crippen LogP contribution in [0.15, 0.2) is 18.2 Å². The second kappa shape index (κ2) is 4.84. The number of rotatable bonds is 4. The Morgan fingerprint density at radius 3 is 2.80 bits per heavy atom. The second-order valence-electron chi connectivity index (χ2n) is 3.51. The van der Waals surface area contributed by atoms with Crippen molar-refractivity contribution < 1.29 is 9.31 Å². The number of nitrogens with zero attached hydrogens (tertiary/aromatic N) is 1. The summed E-state index contributed by atoms with van der Waals surface area (Å²) < 4.78 is 13.3. The monoisotopic (exact) mass is 212 g/mol. The molecule has 0 saturated heterocycles. The van der Waals surface area contributed by atoms with Gasteiger partial charge in [-0.3, -0.25) is 10.1 Å². The number of hydrogen-bond donors (Lipinski definition) is 1. The van der Waals surface area contributed by atoms with Crippen molar-refractivity contribution in [2.45, 2.75) is 25.8 Å². The summed E-state index contributed by atoms with van der Waals surface area (Å²) in [5.41, 5.74) is 5.49. The number of nitro groups is 1. The van der Waals surface area contributed by atoms with Gasteiger partial charge in [0.25, 0.3) is 5.69 Å². The fraction of sp³-hybridized carbons (Fsp3) is 0.400. The van der Waals surface area contributed by atoms with Gasteiger partial charge in [0, 0.05) is 12.1 Å². The molecule has 0 heterocycles. The molecule has 2 N–H and O–H groups in total. The predicted octanol–water partition coefficient (Wildman–Crippen LogP) is 2.01. The lowest BCUT2D eigenvalue weighted by molar-refractivity contribution is -0.385. The molecule has 4 nitrogen and oxygen atoms in total. The SMILES string of the molecule is C[C@@H](N)CCc1c(F)cccc1[N+](=O)[O-]. The van der Waals surface area contributed by atoms with Crippen LogP contribution >= 0.6 is 0 Å². The number of halogens is 1. The third kappa shape index (κ3) is 2.99. The smallest absolute Gasteiger partial charge is 0.275 e. The third-order valence-electron chi connectivity index (χ3n) is 2.14. The summed E-state index contributed by atoms with van der Waals surface area (Å²) in [7, 11) is 0. The molecule has 0 unspecified atom stereocenters. The van der Waals surface area contributed by atoms with E-state index in [-0.39, 0.29) is 17.3 Å². The first-order valence-electron chi connectivity index (χ1n) is 4.69. The molecule has 5 heteroatoms. The molecular formula is C10H13FN2O2. The summed E-state index contributed by atoms with van der Waals surface area (Å²) in [6, 6.07) is 3.77. The largest absolute Gasteiger partial charge is 0.328 e. The fourth-order valence-corrected chi connectivity index (χ4v) is 1.34. The van der Waals surface area contributed by atoms with Gasteiger partial charge in [-0.25, -0.2) is 4.39 Å². The first-order chi connectivity index (χ1) is 7.02. The third-order valence-corrected chi connectivity index (χ3v) is 2.14. The van der Waals surface area contributed by atoms with Gasteiger partial charge in [-0.05, 0) is 25.8 Å². The van der Waals surface area contributed by atoms with Gasteiger partial charge in [0.15, 0.2) is 0 Å². The van der Waals surface area contributed by atoms with Crippen LogP contribution in [0.1, 0.15) is 18.9 Å². The maximum Gasteiger partial charge on any atom is 0.275 e. The van der Waals surface area contributed by atoms with Crippen molar-refractivity contribution >= 4 is 5.69 Å². The van der Waals surface area contributed by atoms with Gasteiger partial charge in [-0.2, -0.15) is 0 Å². The summed E-state index contributed by atoms with van der Waals surface area (Å²) in [6.07, 6.45) is 0.822. The normalized spacial score (nSPS) is 12.5. The Morgan fingerprint density at radius 1 is 1.60 bits per heavy atom. The van der Waals surface area contributed by atoms with Crippen molar-refractivity contribution in [1.29, 1.82) is 0 Å². The molecule has 0 spiro atoms. The van der Waals surface area contributed by atoms with Crippen molar-refractivity contribution in [1.82, 2.24) is 0 Å². The Kier molecular flexibility index (Phi) is 3.74. The van der Waals surface area contributed by atoms with E-state index in [0.29, 0.717) is 12.8 Å². The molecule has 0 aromatic heterocycles. The van der Waals surface area contributed by atoms with E-state index in [0.717, 1.165) is 0 Å². The van der Waals surface area contributed by atoms with Gasteiger partial charge < -0.3 is 5.73 Å². The van der Waals surface area contributed by atoms with Crippen molar-refractivity contribution in [3.8, 4) is 0 Å². The van der Waals surface area contributed by atoms with E-state index >= 15 is 0 Å².